The highest BCUT2D eigenvalue weighted by Crippen LogP contribution is 2.52. The van der Waals surface area contributed by atoms with Gasteiger partial charge < -0.3 is 4.90 Å². The molecule has 86 valence electrons. The van der Waals surface area contributed by atoms with E-state index in [0.29, 0.717) is 6.42 Å². The normalized spacial score (nSPS) is 19.8. The molecule has 4 nitrogen and oxygen atoms in total. The Morgan fingerprint density at radius 1 is 1.41 bits per heavy atom. The number of hydrogen-bond acceptors (Lipinski definition) is 3. The lowest BCUT2D eigenvalue weighted by molar-refractivity contribution is -0.117. The van der Waals surface area contributed by atoms with Gasteiger partial charge in [-0.25, -0.2) is 4.79 Å². The minimum absolute atomic E-state index is 0.0957. The molecule has 2 aliphatic rings. The highest BCUT2D eigenvalue weighted by Gasteiger charge is 2.47. The van der Waals surface area contributed by atoms with E-state index >= 15 is 0 Å². The first kappa shape index (κ1) is 10.2. The Morgan fingerprint density at radius 2 is 2.18 bits per heavy atom. The summed E-state index contributed by atoms with van der Waals surface area (Å²) in [6, 6.07) is 5.83. The van der Waals surface area contributed by atoms with Gasteiger partial charge in [0, 0.05) is 12.7 Å². The average molecular weight is 228 g/mol. The number of hydrogen-bond donors (Lipinski definition) is 0. The molecule has 1 amide bonds. The molecule has 17 heavy (non-hydrogen) atoms. The molecule has 0 aromatic heterocycles. The summed E-state index contributed by atoms with van der Waals surface area (Å²) in [6.07, 6.45) is 3.82. The smallest absolute Gasteiger partial charge is 0.235 e. The van der Waals surface area contributed by atoms with Crippen LogP contribution in [0, 0.1) is 0 Å². The molecule has 0 bridgehead atoms. The van der Waals surface area contributed by atoms with E-state index in [1.54, 1.807) is 18.0 Å². The van der Waals surface area contributed by atoms with E-state index < -0.39 is 5.54 Å². The number of nitrogens with zero attached hydrogens (tertiary/aromatic N) is 2. The fraction of sp³-hybridized carbons (Fsp3) is 0.385. The van der Waals surface area contributed by atoms with Crippen LogP contribution in [0.3, 0.4) is 0 Å². The Balaban J connectivity index is 2.16. The van der Waals surface area contributed by atoms with Crippen molar-refractivity contribution in [3.8, 4) is 0 Å². The van der Waals surface area contributed by atoms with Crippen LogP contribution in [0.1, 0.15) is 24.0 Å². The number of carbonyl (C=O) groups is 1. The van der Waals surface area contributed by atoms with Crippen molar-refractivity contribution in [1.82, 2.24) is 0 Å². The number of anilines is 1. The van der Waals surface area contributed by atoms with E-state index in [-0.39, 0.29) is 5.91 Å². The van der Waals surface area contributed by atoms with Crippen LogP contribution in [-0.4, -0.2) is 19.0 Å². The molecule has 1 fully saturated rings. The molecular formula is C13H12N2O2. The Labute approximate surface area is 99.0 Å². The van der Waals surface area contributed by atoms with Gasteiger partial charge in [-0.2, -0.15) is 4.99 Å². The van der Waals surface area contributed by atoms with E-state index in [9.17, 15) is 9.59 Å². The number of likely N-dealkylation sites (N-methyl/N-ethyl adjacent to an activating group) is 1. The summed E-state index contributed by atoms with van der Waals surface area (Å²) in [5.41, 5.74) is 2.60. The van der Waals surface area contributed by atoms with Crippen molar-refractivity contribution in [3.05, 3.63) is 29.3 Å². The van der Waals surface area contributed by atoms with Crippen LogP contribution in [-0.2, 0) is 21.5 Å². The van der Waals surface area contributed by atoms with Crippen LogP contribution < -0.4 is 4.90 Å². The zero-order valence-corrected chi connectivity index (χ0v) is 9.56. The van der Waals surface area contributed by atoms with Crippen LogP contribution in [0.5, 0.6) is 0 Å². The van der Waals surface area contributed by atoms with Crippen molar-refractivity contribution in [2.45, 2.75) is 24.8 Å². The Hall–Kier alpha value is -1.93. The summed E-state index contributed by atoms with van der Waals surface area (Å²) < 4.78 is 0. The molecule has 0 saturated heterocycles. The highest BCUT2D eigenvalue weighted by molar-refractivity contribution is 6.01. The Bertz CT molecular complexity index is 555. The molecule has 0 spiro atoms. The van der Waals surface area contributed by atoms with Crippen molar-refractivity contribution in [1.29, 1.82) is 0 Å². The zero-order valence-electron chi connectivity index (χ0n) is 9.56. The van der Waals surface area contributed by atoms with Crippen molar-refractivity contribution >= 4 is 17.7 Å². The molecule has 0 atom stereocenters. The number of rotatable bonds is 2. The average Bonchev–Trinajstić information content (AvgIpc) is 3.03. The zero-order chi connectivity index (χ0) is 12.0. The molecule has 1 aliphatic heterocycles. The maximum absolute atomic E-state index is 11.7. The highest BCUT2D eigenvalue weighted by atomic mass is 16.2. The topological polar surface area (TPSA) is 49.7 Å². The lowest BCUT2D eigenvalue weighted by Gasteiger charge is -2.14. The summed E-state index contributed by atoms with van der Waals surface area (Å²) >= 11 is 0. The monoisotopic (exact) mass is 228 g/mol. The molecule has 1 aromatic rings. The third kappa shape index (κ3) is 1.34. The first-order chi connectivity index (χ1) is 8.18. The third-order valence-corrected chi connectivity index (χ3v) is 3.70. The molecule has 1 saturated carbocycles. The summed E-state index contributed by atoms with van der Waals surface area (Å²) in [7, 11) is 1.78. The largest absolute Gasteiger partial charge is 0.315 e. The summed E-state index contributed by atoms with van der Waals surface area (Å²) in [5.74, 6) is 0.0957. The van der Waals surface area contributed by atoms with Gasteiger partial charge in [0.15, 0.2) is 0 Å². The second kappa shape index (κ2) is 3.28. The van der Waals surface area contributed by atoms with E-state index in [4.69, 9.17) is 0 Å². The van der Waals surface area contributed by atoms with Gasteiger partial charge in [-0.3, -0.25) is 4.79 Å². The summed E-state index contributed by atoms with van der Waals surface area (Å²) in [5, 5.41) is 0. The van der Waals surface area contributed by atoms with Crippen molar-refractivity contribution < 1.29 is 9.59 Å². The fourth-order valence-corrected chi connectivity index (χ4v) is 2.56. The van der Waals surface area contributed by atoms with Crippen LogP contribution in [0.4, 0.5) is 5.69 Å². The van der Waals surface area contributed by atoms with Crippen LogP contribution in [0.2, 0.25) is 0 Å². The van der Waals surface area contributed by atoms with Gasteiger partial charge >= 0.3 is 0 Å². The van der Waals surface area contributed by atoms with Gasteiger partial charge in [-0.15, -0.1) is 0 Å². The molecule has 0 unspecified atom stereocenters. The lowest BCUT2D eigenvalue weighted by atomic mass is 9.97. The first-order valence-corrected chi connectivity index (χ1v) is 5.66. The van der Waals surface area contributed by atoms with Gasteiger partial charge in [-0.05, 0) is 30.0 Å². The first-order valence-electron chi connectivity index (χ1n) is 5.66. The second-order valence-electron chi connectivity index (χ2n) is 4.67. The Morgan fingerprint density at radius 3 is 2.82 bits per heavy atom. The maximum atomic E-state index is 11.7. The molecule has 1 heterocycles. The molecule has 1 aliphatic carbocycles. The van der Waals surface area contributed by atoms with Crippen molar-refractivity contribution in [2.75, 3.05) is 11.9 Å². The van der Waals surface area contributed by atoms with Gasteiger partial charge in [0.25, 0.3) is 0 Å². The van der Waals surface area contributed by atoms with Crippen molar-refractivity contribution in [2.24, 2.45) is 4.99 Å². The number of benzene rings is 1. The lowest BCUT2D eigenvalue weighted by Crippen LogP contribution is -2.20. The number of carbonyl (C=O) groups excluding carboxylic acids is 2. The van der Waals surface area contributed by atoms with Gasteiger partial charge in [0.2, 0.25) is 12.0 Å². The minimum Gasteiger partial charge on any atom is -0.315 e. The summed E-state index contributed by atoms with van der Waals surface area (Å²) in [6.45, 7) is 0. The van der Waals surface area contributed by atoms with Crippen LogP contribution >= 0.6 is 0 Å². The number of fused-ring (bicyclic) bond motifs is 1. The van der Waals surface area contributed by atoms with Crippen LogP contribution in [0.25, 0.3) is 0 Å². The number of aliphatic imine (C=N–C) groups is 1. The van der Waals surface area contributed by atoms with Crippen molar-refractivity contribution in [3.63, 3.8) is 0 Å². The van der Waals surface area contributed by atoms with Gasteiger partial charge in [0.05, 0.1) is 12.0 Å². The number of isocyanates is 1. The SMILES string of the molecule is CN1C(=O)Cc2c1cccc2C1(N=C=O)CC1. The molecule has 0 N–H and O–H groups in total. The number of amides is 1. The predicted octanol–water partition coefficient (Wildman–Crippen LogP) is 1.53. The van der Waals surface area contributed by atoms with Gasteiger partial charge in [-0.1, -0.05) is 12.1 Å². The molecular weight excluding hydrogens is 216 g/mol. The second-order valence-corrected chi connectivity index (χ2v) is 4.67. The van der Waals surface area contributed by atoms with E-state index in [1.165, 1.54) is 0 Å². The molecule has 4 heteroatoms. The van der Waals surface area contributed by atoms with Gasteiger partial charge in [0.1, 0.15) is 0 Å². The molecule has 0 radical (unpaired) electrons. The molecule has 1 aromatic carbocycles. The third-order valence-electron chi connectivity index (χ3n) is 3.70. The van der Waals surface area contributed by atoms with E-state index in [2.05, 4.69) is 4.99 Å². The molecule has 3 rings (SSSR count). The Kier molecular flexibility index (Phi) is 1.98. The minimum atomic E-state index is -0.390. The predicted molar refractivity (Wildman–Crippen MR) is 62.6 cm³/mol. The quantitative estimate of drug-likeness (QED) is 0.569. The summed E-state index contributed by atoms with van der Waals surface area (Å²) in [4.78, 5) is 27.8. The fourth-order valence-electron chi connectivity index (χ4n) is 2.56. The maximum Gasteiger partial charge on any atom is 0.235 e. The standard InChI is InChI=1S/C13H12N2O2/c1-15-11-4-2-3-10(9(11)7-12(15)17)13(5-6-13)14-8-16/h2-4H,5-7H2,1H3. The van der Waals surface area contributed by atoms with Crippen LogP contribution in [0.15, 0.2) is 23.2 Å². The van der Waals surface area contributed by atoms with E-state index in [0.717, 1.165) is 29.7 Å². The van der Waals surface area contributed by atoms with E-state index in [1.807, 2.05) is 18.2 Å².